The molecule has 0 N–H and O–H groups in total. The average Bonchev–Trinajstić information content (AvgIpc) is 2.92. The number of aryl methyl sites for hydroxylation is 1. The monoisotopic (exact) mass is 360 g/mol. The second-order valence-corrected chi connectivity index (χ2v) is 6.51. The van der Waals surface area contributed by atoms with Gasteiger partial charge in [-0.3, -0.25) is 4.79 Å². The van der Waals surface area contributed by atoms with E-state index in [0.29, 0.717) is 5.56 Å². The van der Waals surface area contributed by atoms with Gasteiger partial charge in [0.05, 0.1) is 7.11 Å². The molecule has 0 aliphatic heterocycles. The minimum Gasteiger partial charge on any atom is -0.496 e. The number of fused-ring (bicyclic) bond motifs is 1. The lowest BCUT2D eigenvalue weighted by molar-refractivity contribution is 0.104. The van der Waals surface area contributed by atoms with Crippen LogP contribution < -0.4 is 4.74 Å². The topological polar surface area (TPSA) is 26.3 Å². The first-order valence-corrected chi connectivity index (χ1v) is 8.14. The van der Waals surface area contributed by atoms with E-state index in [2.05, 4.69) is 15.9 Å². The van der Waals surface area contributed by atoms with Gasteiger partial charge < -0.3 is 4.74 Å². The summed E-state index contributed by atoms with van der Waals surface area (Å²) in [7, 11) is 1.62. The van der Waals surface area contributed by atoms with E-state index >= 15 is 0 Å². The Kier molecular flexibility index (Phi) is 3.83. The van der Waals surface area contributed by atoms with Crippen LogP contribution in [0.15, 0.2) is 46.3 Å². The number of methoxy groups -OCH3 is 1. The number of ether oxygens (including phenoxy) is 1. The van der Waals surface area contributed by atoms with E-state index in [1.807, 2.05) is 42.6 Å². The minimum atomic E-state index is 0.0256. The molecule has 3 aromatic rings. The molecule has 0 saturated carbocycles. The summed E-state index contributed by atoms with van der Waals surface area (Å²) in [6.07, 6.45) is 0. The lowest BCUT2D eigenvalue weighted by atomic mass is 10.0. The number of ketones is 1. The van der Waals surface area contributed by atoms with Gasteiger partial charge >= 0.3 is 0 Å². The van der Waals surface area contributed by atoms with Crippen molar-refractivity contribution in [3.8, 4) is 5.75 Å². The Balaban J connectivity index is 2.11. The zero-order chi connectivity index (χ0) is 15.0. The van der Waals surface area contributed by atoms with Crippen molar-refractivity contribution in [2.45, 2.75) is 6.92 Å². The highest BCUT2D eigenvalue weighted by molar-refractivity contribution is 9.10. The third kappa shape index (κ3) is 2.49. The third-order valence-electron chi connectivity index (χ3n) is 3.47. The quantitative estimate of drug-likeness (QED) is 0.599. The van der Waals surface area contributed by atoms with Gasteiger partial charge in [-0.1, -0.05) is 24.3 Å². The molecule has 4 heteroatoms. The van der Waals surface area contributed by atoms with E-state index in [1.165, 1.54) is 0 Å². The summed E-state index contributed by atoms with van der Waals surface area (Å²) in [6.45, 7) is 1.96. The van der Waals surface area contributed by atoms with Crippen LogP contribution in [0.25, 0.3) is 10.1 Å². The molecule has 0 radical (unpaired) electrons. The first-order valence-electron chi connectivity index (χ1n) is 6.47. The molecule has 0 amide bonds. The molecule has 1 heterocycles. The lowest BCUT2D eigenvalue weighted by Crippen LogP contribution is -2.01. The zero-order valence-corrected chi connectivity index (χ0v) is 14.0. The van der Waals surface area contributed by atoms with Crippen molar-refractivity contribution in [3.63, 3.8) is 0 Å². The van der Waals surface area contributed by atoms with Crippen LogP contribution in [0.5, 0.6) is 5.75 Å². The number of halogens is 1. The van der Waals surface area contributed by atoms with Gasteiger partial charge in [0.25, 0.3) is 0 Å². The molecule has 0 aliphatic rings. The number of carbonyl (C=O) groups excluding carboxylic acids is 1. The van der Waals surface area contributed by atoms with Gasteiger partial charge in [-0.05, 0) is 40.5 Å². The van der Waals surface area contributed by atoms with Crippen molar-refractivity contribution in [2.24, 2.45) is 0 Å². The Morgan fingerprint density at radius 3 is 2.81 bits per heavy atom. The number of benzene rings is 2. The van der Waals surface area contributed by atoms with Gasteiger partial charge in [-0.25, -0.2) is 0 Å². The molecule has 3 rings (SSSR count). The molecule has 2 nitrogen and oxygen atoms in total. The standard InChI is InChI=1S/C17H13BrO2S/c1-10-6-7-11(8-15(10)20-2)16(19)13-9-21-17-12(13)4-3-5-14(17)18/h3-9H,1-2H3. The van der Waals surface area contributed by atoms with E-state index < -0.39 is 0 Å². The Hall–Kier alpha value is -1.65. The van der Waals surface area contributed by atoms with Crippen molar-refractivity contribution < 1.29 is 9.53 Å². The van der Waals surface area contributed by atoms with Crippen molar-refractivity contribution in [2.75, 3.05) is 7.11 Å². The summed E-state index contributed by atoms with van der Waals surface area (Å²) in [5.41, 5.74) is 2.41. The van der Waals surface area contributed by atoms with E-state index in [-0.39, 0.29) is 5.78 Å². The Morgan fingerprint density at radius 2 is 2.05 bits per heavy atom. The molecular formula is C17H13BrO2S. The van der Waals surface area contributed by atoms with E-state index in [9.17, 15) is 4.79 Å². The van der Waals surface area contributed by atoms with Crippen LogP contribution in [0, 0.1) is 6.92 Å². The second kappa shape index (κ2) is 5.62. The fourth-order valence-electron chi connectivity index (χ4n) is 2.31. The van der Waals surface area contributed by atoms with Gasteiger partial charge in [-0.2, -0.15) is 0 Å². The van der Waals surface area contributed by atoms with E-state index in [4.69, 9.17) is 4.74 Å². The fourth-order valence-corrected chi connectivity index (χ4v) is 3.92. The van der Waals surface area contributed by atoms with Crippen molar-refractivity contribution in [1.29, 1.82) is 0 Å². The maximum atomic E-state index is 12.7. The van der Waals surface area contributed by atoms with E-state index in [0.717, 1.165) is 31.4 Å². The minimum absolute atomic E-state index is 0.0256. The van der Waals surface area contributed by atoms with Crippen molar-refractivity contribution in [1.82, 2.24) is 0 Å². The molecule has 0 aliphatic carbocycles. The summed E-state index contributed by atoms with van der Waals surface area (Å²) >= 11 is 5.10. The summed E-state index contributed by atoms with van der Waals surface area (Å²) in [4.78, 5) is 12.7. The molecule has 0 bridgehead atoms. The molecule has 0 atom stereocenters. The predicted molar refractivity (Wildman–Crippen MR) is 90.7 cm³/mol. The molecule has 0 fully saturated rings. The van der Waals surface area contributed by atoms with Gasteiger partial charge in [-0.15, -0.1) is 11.3 Å². The molecule has 1 aromatic heterocycles. The van der Waals surface area contributed by atoms with Crippen LogP contribution in [0.1, 0.15) is 21.5 Å². The maximum Gasteiger partial charge on any atom is 0.194 e. The Morgan fingerprint density at radius 1 is 1.24 bits per heavy atom. The molecule has 0 unspecified atom stereocenters. The van der Waals surface area contributed by atoms with Crippen LogP contribution in [0.3, 0.4) is 0 Å². The van der Waals surface area contributed by atoms with Crippen LogP contribution in [-0.4, -0.2) is 12.9 Å². The summed E-state index contributed by atoms with van der Waals surface area (Å²) in [6, 6.07) is 11.5. The summed E-state index contributed by atoms with van der Waals surface area (Å²) < 4.78 is 7.42. The highest BCUT2D eigenvalue weighted by atomic mass is 79.9. The Bertz CT molecular complexity index is 836. The van der Waals surface area contributed by atoms with Crippen LogP contribution >= 0.6 is 27.3 Å². The normalized spacial score (nSPS) is 10.8. The highest BCUT2D eigenvalue weighted by Crippen LogP contribution is 2.33. The van der Waals surface area contributed by atoms with Crippen LogP contribution in [0.2, 0.25) is 0 Å². The fraction of sp³-hybridized carbons (Fsp3) is 0.118. The van der Waals surface area contributed by atoms with Gasteiger partial charge in [0, 0.05) is 31.1 Å². The lowest BCUT2D eigenvalue weighted by Gasteiger charge is -2.07. The Labute approximate surface area is 135 Å². The number of carbonyl (C=O) groups is 1. The SMILES string of the molecule is COc1cc(C(=O)c2csc3c(Br)cccc23)ccc1C. The highest BCUT2D eigenvalue weighted by Gasteiger charge is 2.16. The van der Waals surface area contributed by atoms with E-state index in [1.54, 1.807) is 24.5 Å². The van der Waals surface area contributed by atoms with Crippen molar-refractivity contribution >= 4 is 43.1 Å². The van der Waals surface area contributed by atoms with Gasteiger partial charge in [0.2, 0.25) is 0 Å². The molecule has 21 heavy (non-hydrogen) atoms. The number of hydrogen-bond acceptors (Lipinski definition) is 3. The zero-order valence-electron chi connectivity index (χ0n) is 11.6. The molecule has 0 saturated heterocycles. The van der Waals surface area contributed by atoms with Gasteiger partial charge in [0.15, 0.2) is 5.78 Å². The first-order chi connectivity index (χ1) is 10.1. The number of hydrogen-bond donors (Lipinski definition) is 0. The van der Waals surface area contributed by atoms with Crippen LogP contribution in [0.4, 0.5) is 0 Å². The summed E-state index contributed by atoms with van der Waals surface area (Å²) in [5, 5.41) is 2.91. The van der Waals surface area contributed by atoms with Crippen molar-refractivity contribution in [3.05, 3.63) is 62.9 Å². The van der Waals surface area contributed by atoms with Gasteiger partial charge in [0.1, 0.15) is 5.75 Å². The average molecular weight is 361 g/mol. The molecule has 106 valence electrons. The largest absolute Gasteiger partial charge is 0.496 e. The predicted octanol–water partition coefficient (Wildman–Crippen LogP) is 5.21. The molecule has 0 spiro atoms. The molecular weight excluding hydrogens is 348 g/mol. The van der Waals surface area contributed by atoms with Crippen LogP contribution in [-0.2, 0) is 0 Å². The third-order valence-corrected chi connectivity index (χ3v) is 5.42. The number of thiophene rings is 1. The smallest absolute Gasteiger partial charge is 0.194 e. The number of rotatable bonds is 3. The summed E-state index contributed by atoms with van der Waals surface area (Å²) in [5.74, 6) is 0.763. The first kappa shape index (κ1) is 14.3. The maximum absolute atomic E-state index is 12.7. The molecule has 2 aromatic carbocycles. The second-order valence-electron chi connectivity index (χ2n) is 4.78.